The molecule has 1 aliphatic carbocycles. The van der Waals surface area contributed by atoms with E-state index in [0.717, 1.165) is 30.6 Å². The Morgan fingerprint density at radius 2 is 2.10 bits per heavy atom. The Hall–Kier alpha value is -2.94. The number of morpholine rings is 1. The second kappa shape index (κ2) is 8.60. The molecule has 0 spiro atoms. The molecular weight excluding hydrogens is 374 g/mol. The number of aromatic nitrogens is 3. The number of carbonyl (C=O) groups excluding carboxylic acids is 2. The van der Waals surface area contributed by atoms with Gasteiger partial charge in [0.05, 0.1) is 19.3 Å². The summed E-state index contributed by atoms with van der Waals surface area (Å²) in [6.45, 7) is 1.09. The molecule has 2 amide bonds. The smallest absolute Gasteiger partial charge is 0.251 e. The molecule has 0 bridgehead atoms. The third kappa shape index (κ3) is 4.40. The third-order valence-corrected chi connectivity index (χ3v) is 5.25. The Balaban J connectivity index is 1.46. The SMILES string of the molecule is COc1ccc([C@@H]2[C@@H](C(=O)NCCCn3ccnn3)OCC(=O)N2C2CC2)cc1. The molecule has 1 aromatic heterocycles. The lowest BCUT2D eigenvalue weighted by Gasteiger charge is -2.40. The summed E-state index contributed by atoms with van der Waals surface area (Å²) in [5.41, 5.74) is 0.869. The van der Waals surface area contributed by atoms with Crippen molar-refractivity contribution in [1.29, 1.82) is 0 Å². The van der Waals surface area contributed by atoms with Gasteiger partial charge in [-0.2, -0.15) is 0 Å². The Bertz CT molecular complexity index is 835. The highest BCUT2D eigenvalue weighted by atomic mass is 16.5. The van der Waals surface area contributed by atoms with Crippen LogP contribution in [0.5, 0.6) is 5.75 Å². The number of methoxy groups -OCH3 is 1. The zero-order valence-electron chi connectivity index (χ0n) is 16.4. The van der Waals surface area contributed by atoms with E-state index in [2.05, 4.69) is 15.6 Å². The average Bonchev–Trinajstić information content (AvgIpc) is 3.45. The van der Waals surface area contributed by atoms with E-state index in [-0.39, 0.29) is 24.5 Å². The van der Waals surface area contributed by atoms with Crippen LogP contribution in [0.15, 0.2) is 36.7 Å². The summed E-state index contributed by atoms with van der Waals surface area (Å²) < 4.78 is 12.7. The number of amides is 2. The zero-order valence-corrected chi connectivity index (χ0v) is 16.4. The van der Waals surface area contributed by atoms with Crippen molar-refractivity contribution in [3.05, 3.63) is 42.2 Å². The molecule has 1 aromatic carbocycles. The third-order valence-electron chi connectivity index (χ3n) is 5.25. The molecule has 1 saturated heterocycles. The maximum Gasteiger partial charge on any atom is 0.251 e. The van der Waals surface area contributed by atoms with Crippen LogP contribution in [-0.2, 0) is 20.9 Å². The first-order valence-electron chi connectivity index (χ1n) is 9.86. The summed E-state index contributed by atoms with van der Waals surface area (Å²) in [6, 6.07) is 7.21. The molecule has 1 aliphatic heterocycles. The molecule has 154 valence electrons. The van der Waals surface area contributed by atoms with Crippen LogP contribution < -0.4 is 10.1 Å². The largest absolute Gasteiger partial charge is 0.497 e. The van der Waals surface area contributed by atoms with E-state index in [1.165, 1.54) is 0 Å². The van der Waals surface area contributed by atoms with Crippen LogP contribution >= 0.6 is 0 Å². The van der Waals surface area contributed by atoms with E-state index in [1.54, 1.807) is 24.2 Å². The maximum absolute atomic E-state index is 12.9. The number of nitrogens with one attached hydrogen (secondary N) is 1. The van der Waals surface area contributed by atoms with Gasteiger partial charge in [-0.25, -0.2) is 0 Å². The highest BCUT2D eigenvalue weighted by Crippen LogP contribution is 2.39. The van der Waals surface area contributed by atoms with Gasteiger partial charge in [0.2, 0.25) is 5.91 Å². The van der Waals surface area contributed by atoms with E-state index in [4.69, 9.17) is 9.47 Å². The predicted octanol–water partition coefficient (Wildman–Crippen LogP) is 0.924. The number of carbonyl (C=O) groups is 2. The van der Waals surface area contributed by atoms with E-state index in [1.807, 2.05) is 29.2 Å². The normalized spacial score (nSPS) is 21.8. The maximum atomic E-state index is 12.9. The summed E-state index contributed by atoms with van der Waals surface area (Å²) in [5, 5.41) is 10.6. The van der Waals surface area contributed by atoms with Crippen LogP contribution in [0.3, 0.4) is 0 Å². The van der Waals surface area contributed by atoms with Crippen LogP contribution in [0.2, 0.25) is 0 Å². The van der Waals surface area contributed by atoms with Crippen LogP contribution in [0.4, 0.5) is 0 Å². The Morgan fingerprint density at radius 3 is 2.76 bits per heavy atom. The van der Waals surface area contributed by atoms with Gasteiger partial charge in [-0.05, 0) is 37.0 Å². The molecular formula is C20H25N5O4. The van der Waals surface area contributed by atoms with Gasteiger partial charge in [-0.1, -0.05) is 17.3 Å². The van der Waals surface area contributed by atoms with E-state index in [0.29, 0.717) is 13.1 Å². The molecule has 2 heterocycles. The molecule has 0 unspecified atom stereocenters. The molecule has 1 saturated carbocycles. The minimum atomic E-state index is -0.743. The molecule has 9 nitrogen and oxygen atoms in total. The minimum Gasteiger partial charge on any atom is -0.497 e. The minimum absolute atomic E-state index is 0.0662. The van der Waals surface area contributed by atoms with Crippen molar-refractivity contribution in [3.63, 3.8) is 0 Å². The van der Waals surface area contributed by atoms with Crippen molar-refractivity contribution >= 4 is 11.8 Å². The molecule has 9 heteroatoms. The van der Waals surface area contributed by atoms with Crippen molar-refractivity contribution < 1.29 is 19.1 Å². The monoisotopic (exact) mass is 399 g/mol. The number of benzene rings is 1. The molecule has 29 heavy (non-hydrogen) atoms. The lowest BCUT2D eigenvalue weighted by Crippen LogP contribution is -2.55. The van der Waals surface area contributed by atoms with Gasteiger partial charge in [0.15, 0.2) is 6.10 Å². The fourth-order valence-corrected chi connectivity index (χ4v) is 3.67. The predicted molar refractivity (Wildman–Crippen MR) is 103 cm³/mol. The van der Waals surface area contributed by atoms with Crippen molar-refractivity contribution in [2.45, 2.75) is 44.0 Å². The Morgan fingerprint density at radius 1 is 1.31 bits per heavy atom. The van der Waals surface area contributed by atoms with E-state index in [9.17, 15) is 9.59 Å². The first-order chi connectivity index (χ1) is 14.2. The molecule has 2 aliphatic rings. The number of hydrogen-bond acceptors (Lipinski definition) is 6. The van der Waals surface area contributed by atoms with Crippen LogP contribution in [-0.4, -0.2) is 64.1 Å². The highest BCUT2D eigenvalue weighted by molar-refractivity contribution is 5.86. The highest BCUT2D eigenvalue weighted by Gasteiger charge is 2.47. The summed E-state index contributed by atoms with van der Waals surface area (Å²) >= 11 is 0. The van der Waals surface area contributed by atoms with Gasteiger partial charge in [-0.3, -0.25) is 14.3 Å². The molecule has 2 fully saturated rings. The molecule has 2 aromatic rings. The second-order valence-electron chi connectivity index (χ2n) is 7.29. The number of hydrogen-bond donors (Lipinski definition) is 1. The van der Waals surface area contributed by atoms with Crippen LogP contribution in [0, 0.1) is 0 Å². The van der Waals surface area contributed by atoms with Crippen molar-refractivity contribution in [2.75, 3.05) is 20.3 Å². The second-order valence-corrected chi connectivity index (χ2v) is 7.29. The van der Waals surface area contributed by atoms with Gasteiger partial charge >= 0.3 is 0 Å². The molecule has 4 rings (SSSR count). The van der Waals surface area contributed by atoms with Crippen molar-refractivity contribution in [2.24, 2.45) is 0 Å². The summed E-state index contributed by atoms with van der Waals surface area (Å²) in [6.07, 6.45) is 5.31. The van der Waals surface area contributed by atoms with Gasteiger partial charge in [0.25, 0.3) is 5.91 Å². The van der Waals surface area contributed by atoms with Crippen molar-refractivity contribution in [3.8, 4) is 5.75 Å². The lowest BCUT2D eigenvalue weighted by molar-refractivity contribution is -0.165. The van der Waals surface area contributed by atoms with Crippen LogP contribution in [0.25, 0.3) is 0 Å². The zero-order chi connectivity index (χ0) is 20.2. The van der Waals surface area contributed by atoms with E-state index < -0.39 is 12.1 Å². The molecule has 1 N–H and O–H groups in total. The molecule has 2 atom stereocenters. The summed E-state index contributed by atoms with van der Waals surface area (Å²) in [5.74, 6) is 0.454. The Kier molecular flexibility index (Phi) is 5.75. The average molecular weight is 399 g/mol. The number of aryl methyl sites for hydroxylation is 1. The number of rotatable bonds is 8. The fraction of sp³-hybridized carbons (Fsp3) is 0.500. The summed E-state index contributed by atoms with van der Waals surface area (Å²) in [4.78, 5) is 27.3. The quantitative estimate of drug-likeness (QED) is 0.663. The lowest BCUT2D eigenvalue weighted by atomic mass is 9.96. The van der Waals surface area contributed by atoms with Crippen LogP contribution in [0.1, 0.15) is 30.9 Å². The van der Waals surface area contributed by atoms with Gasteiger partial charge in [0, 0.05) is 25.3 Å². The summed E-state index contributed by atoms with van der Waals surface area (Å²) in [7, 11) is 1.61. The fourth-order valence-electron chi connectivity index (χ4n) is 3.67. The van der Waals surface area contributed by atoms with E-state index >= 15 is 0 Å². The van der Waals surface area contributed by atoms with Gasteiger partial charge in [0.1, 0.15) is 12.4 Å². The number of ether oxygens (including phenoxy) is 2. The standard InChI is InChI=1S/C20H25N5O4/c1-28-16-7-3-14(4-8-16)18-19(29-13-17(26)25(18)15-5-6-15)20(27)21-9-2-11-24-12-10-22-23-24/h3-4,7-8,10,12,15,18-19H,2,5-6,9,11,13H2,1H3,(H,21,27)/t18-,19+/m1/s1. The number of nitrogens with zero attached hydrogens (tertiary/aromatic N) is 4. The molecule has 0 radical (unpaired) electrons. The Labute approximate surface area is 169 Å². The first-order valence-corrected chi connectivity index (χ1v) is 9.86. The first kappa shape index (κ1) is 19.4. The van der Waals surface area contributed by atoms with Gasteiger partial charge in [-0.15, -0.1) is 5.10 Å². The topological polar surface area (TPSA) is 98.6 Å². The van der Waals surface area contributed by atoms with Gasteiger partial charge < -0.3 is 19.7 Å². The van der Waals surface area contributed by atoms with Crippen molar-refractivity contribution in [1.82, 2.24) is 25.2 Å².